The Hall–Kier alpha value is -1.45. The summed E-state index contributed by atoms with van der Waals surface area (Å²) in [5, 5.41) is 2.65. The number of aromatic nitrogens is 2. The highest BCUT2D eigenvalue weighted by molar-refractivity contribution is 5.95. The van der Waals surface area contributed by atoms with Crippen LogP contribution in [0.4, 0.5) is 0 Å². The van der Waals surface area contributed by atoms with Crippen molar-refractivity contribution < 1.29 is 4.79 Å². The first-order valence-corrected chi connectivity index (χ1v) is 3.38. The van der Waals surface area contributed by atoms with Crippen molar-refractivity contribution in [2.75, 3.05) is 0 Å². The number of rotatable bonds is 0. The van der Waals surface area contributed by atoms with E-state index in [1.54, 1.807) is 6.20 Å². The average molecular weight is 149 g/mol. The number of fused-ring (bicyclic) bond motifs is 1. The number of carbonyl (C=O) groups is 1. The summed E-state index contributed by atoms with van der Waals surface area (Å²) in [6.07, 6.45) is 1.67. The number of nitrogens with zero attached hydrogens (tertiary/aromatic N) is 2. The van der Waals surface area contributed by atoms with Crippen molar-refractivity contribution in [1.29, 1.82) is 0 Å². The molecule has 1 aromatic rings. The van der Waals surface area contributed by atoms with Gasteiger partial charge in [0.2, 0.25) is 0 Å². The van der Waals surface area contributed by atoms with Gasteiger partial charge in [-0.05, 0) is 6.92 Å². The highest BCUT2D eigenvalue weighted by atomic mass is 16.2. The smallest absolute Gasteiger partial charge is 0.272 e. The van der Waals surface area contributed by atoms with E-state index in [1.807, 2.05) is 6.92 Å². The second-order valence-electron chi connectivity index (χ2n) is 2.49. The summed E-state index contributed by atoms with van der Waals surface area (Å²) in [5.74, 6) is -0.115. The minimum Gasteiger partial charge on any atom is -0.345 e. The van der Waals surface area contributed by atoms with Gasteiger partial charge in [0.1, 0.15) is 0 Å². The van der Waals surface area contributed by atoms with Gasteiger partial charge >= 0.3 is 0 Å². The third kappa shape index (κ3) is 0.869. The molecule has 0 fully saturated rings. The fourth-order valence-electron chi connectivity index (χ4n) is 1.06. The lowest BCUT2D eigenvalue weighted by Crippen LogP contribution is -2.13. The molecule has 0 aromatic carbocycles. The highest BCUT2D eigenvalue weighted by Crippen LogP contribution is 2.09. The van der Waals surface area contributed by atoms with E-state index in [1.165, 1.54) is 0 Å². The molecule has 1 N–H and O–H groups in total. The van der Waals surface area contributed by atoms with E-state index in [0.29, 0.717) is 12.2 Å². The van der Waals surface area contributed by atoms with Gasteiger partial charge in [0.15, 0.2) is 5.69 Å². The van der Waals surface area contributed by atoms with Crippen LogP contribution in [0.2, 0.25) is 0 Å². The van der Waals surface area contributed by atoms with Crippen molar-refractivity contribution in [3.8, 4) is 0 Å². The summed E-state index contributed by atoms with van der Waals surface area (Å²) in [7, 11) is 0. The first-order chi connectivity index (χ1) is 5.27. The molecule has 4 heteroatoms. The summed E-state index contributed by atoms with van der Waals surface area (Å²) in [4.78, 5) is 19.1. The number of carbonyl (C=O) groups excluding carboxylic acids is 1. The molecule has 1 aliphatic rings. The normalized spacial score (nSPS) is 14.5. The molecule has 1 aromatic heterocycles. The third-order valence-corrected chi connectivity index (χ3v) is 1.60. The van der Waals surface area contributed by atoms with Gasteiger partial charge in [-0.25, -0.2) is 4.98 Å². The van der Waals surface area contributed by atoms with E-state index < -0.39 is 0 Å². The lowest BCUT2D eigenvalue weighted by atomic mass is 10.3. The fourth-order valence-corrected chi connectivity index (χ4v) is 1.06. The summed E-state index contributed by atoms with van der Waals surface area (Å²) in [6.45, 7) is 2.33. The lowest BCUT2D eigenvalue weighted by molar-refractivity contribution is 0.0961. The van der Waals surface area contributed by atoms with Crippen LogP contribution in [-0.4, -0.2) is 15.9 Å². The van der Waals surface area contributed by atoms with Crippen molar-refractivity contribution in [2.45, 2.75) is 13.5 Å². The van der Waals surface area contributed by atoms with Crippen LogP contribution in [0.5, 0.6) is 0 Å². The number of aryl methyl sites for hydroxylation is 1. The van der Waals surface area contributed by atoms with Crippen LogP contribution >= 0.6 is 0 Å². The van der Waals surface area contributed by atoms with Crippen molar-refractivity contribution in [3.05, 3.63) is 23.3 Å². The Morgan fingerprint density at radius 1 is 1.64 bits per heavy atom. The Morgan fingerprint density at radius 2 is 2.45 bits per heavy atom. The van der Waals surface area contributed by atoms with Crippen molar-refractivity contribution in [2.24, 2.45) is 0 Å². The Bertz CT molecular complexity index is 321. The van der Waals surface area contributed by atoms with Gasteiger partial charge < -0.3 is 5.32 Å². The monoisotopic (exact) mass is 149 g/mol. The molecule has 0 spiro atoms. The van der Waals surface area contributed by atoms with Crippen LogP contribution < -0.4 is 5.32 Å². The van der Waals surface area contributed by atoms with Gasteiger partial charge in [-0.3, -0.25) is 9.78 Å². The van der Waals surface area contributed by atoms with E-state index in [4.69, 9.17) is 0 Å². The average Bonchev–Trinajstić information content (AvgIpc) is 2.33. The summed E-state index contributed by atoms with van der Waals surface area (Å²) in [6, 6.07) is 0. The molecule has 2 rings (SSSR count). The highest BCUT2D eigenvalue weighted by Gasteiger charge is 2.21. The van der Waals surface area contributed by atoms with Crippen molar-refractivity contribution >= 4 is 5.91 Å². The predicted octanol–water partition coefficient (Wildman–Crippen LogP) is 0.0284. The Balaban J connectivity index is 2.60. The van der Waals surface area contributed by atoms with E-state index in [9.17, 15) is 4.79 Å². The predicted molar refractivity (Wildman–Crippen MR) is 37.9 cm³/mol. The minimum absolute atomic E-state index is 0.115. The number of hydrogen-bond acceptors (Lipinski definition) is 3. The maximum Gasteiger partial charge on any atom is 0.272 e. The number of nitrogens with one attached hydrogen (secondary N) is 1. The molecule has 2 heterocycles. The molecule has 0 saturated carbocycles. The topological polar surface area (TPSA) is 54.9 Å². The SMILES string of the molecule is Cc1cnc2c(n1)C(=O)NC2. The number of amides is 1. The molecule has 0 atom stereocenters. The van der Waals surface area contributed by atoms with Gasteiger partial charge in [-0.2, -0.15) is 0 Å². The summed E-state index contributed by atoms with van der Waals surface area (Å²) in [5.41, 5.74) is 2.01. The Kier molecular flexibility index (Phi) is 1.15. The molecule has 56 valence electrons. The molecule has 0 saturated heterocycles. The zero-order chi connectivity index (χ0) is 7.84. The van der Waals surface area contributed by atoms with Gasteiger partial charge in [0, 0.05) is 6.20 Å². The molecular weight excluding hydrogens is 142 g/mol. The zero-order valence-electron chi connectivity index (χ0n) is 6.09. The van der Waals surface area contributed by atoms with Crippen LogP contribution in [0.25, 0.3) is 0 Å². The fraction of sp³-hybridized carbons (Fsp3) is 0.286. The van der Waals surface area contributed by atoms with Crippen molar-refractivity contribution in [1.82, 2.24) is 15.3 Å². The zero-order valence-corrected chi connectivity index (χ0v) is 6.09. The first kappa shape index (κ1) is 6.27. The maximum absolute atomic E-state index is 11.0. The van der Waals surface area contributed by atoms with E-state index in [0.717, 1.165) is 11.4 Å². The maximum atomic E-state index is 11.0. The standard InChI is InChI=1S/C7H7N3O/c1-4-2-8-5-3-9-7(11)6(5)10-4/h2H,3H2,1H3,(H,9,11). The molecule has 4 nitrogen and oxygen atoms in total. The molecule has 1 aliphatic heterocycles. The van der Waals surface area contributed by atoms with Gasteiger partial charge in [0.05, 0.1) is 17.9 Å². The lowest BCUT2D eigenvalue weighted by Gasteiger charge is -1.93. The van der Waals surface area contributed by atoms with Gasteiger partial charge in [0.25, 0.3) is 5.91 Å². The van der Waals surface area contributed by atoms with E-state index in [-0.39, 0.29) is 5.91 Å². The summed E-state index contributed by atoms with van der Waals surface area (Å²) >= 11 is 0. The second-order valence-corrected chi connectivity index (χ2v) is 2.49. The molecule has 0 radical (unpaired) electrons. The van der Waals surface area contributed by atoms with Gasteiger partial charge in [-0.1, -0.05) is 0 Å². The van der Waals surface area contributed by atoms with Crippen molar-refractivity contribution in [3.63, 3.8) is 0 Å². The van der Waals surface area contributed by atoms with Crippen LogP contribution in [0.1, 0.15) is 21.9 Å². The number of hydrogen-bond donors (Lipinski definition) is 1. The Labute approximate surface area is 63.7 Å². The quantitative estimate of drug-likeness (QED) is 0.566. The molecule has 0 unspecified atom stereocenters. The largest absolute Gasteiger partial charge is 0.345 e. The Morgan fingerprint density at radius 3 is 3.27 bits per heavy atom. The molecular formula is C7H7N3O. The minimum atomic E-state index is -0.115. The second kappa shape index (κ2) is 2.02. The molecule has 0 aliphatic carbocycles. The molecule has 0 bridgehead atoms. The molecule has 1 amide bonds. The van der Waals surface area contributed by atoms with E-state index in [2.05, 4.69) is 15.3 Å². The van der Waals surface area contributed by atoms with Gasteiger partial charge in [-0.15, -0.1) is 0 Å². The van der Waals surface area contributed by atoms with Crippen LogP contribution in [-0.2, 0) is 6.54 Å². The first-order valence-electron chi connectivity index (χ1n) is 3.38. The van der Waals surface area contributed by atoms with E-state index >= 15 is 0 Å². The molecule has 11 heavy (non-hydrogen) atoms. The van der Waals surface area contributed by atoms with Crippen LogP contribution in [0.3, 0.4) is 0 Å². The van der Waals surface area contributed by atoms with Crippen LogP contribution in [0, 0.1) is 6.92 Å². The third-order valence-electron chi connectivity index (χ3n) is 1.60. The van der Waals surface area contributed by atoms with Crippen LogP contribution in [0.15, 0.2) is 6.20 Å². The summed E-state index contributed by atoms with van der Waals surface area (Å²) < 4.78 is 0.